The first kappa shape index (κ1) is 25.2. The number of nitrogens with one attached hydrogen (secondary N) is 1. The first-order valence-electron chi connectivity index (χ1n) is 9.74. The van der Waals surface area contributed by atoms with Crippen molar-refractivity contribution in [2.75, 3.05) is 11.5 Å². The molecule has 0 aliphatic carbocycles. The first-order chi connectivity index (χ1) is 16.3. The van der Waals surface area contributed by atoms with Crippen molar-refractivity contribution in [3.63, 3.8) is 0 Å². The lowest BCUT2D eigenvalue weighted by atomic mass is 10.0. The molecule has 3 heterocycles. The van der Waals surface area contributed by atoms with E-state index in [-0.39, 0.29) is 12.2 Å². The van der Waals surface area contributed by atoms with Crippen molar-refractivity contribution in [3.8, 4) is 0 Å². The van der Waals surface area contributed by atoms with Gasteiger partial charge in [0.2, 0.25) is 11.1 Å². The molecule has 1 unspecified atom stereocenters. The highest BCUT2D eigenvalue weighted by atomic mass is 32.2. The number of fused-ring (bicyclic) bond motifs is 1. The SMILES string of the molecule is Cn1nnnc1SCC1=C(C(=O)O)N2C(=O)C(NC(=O)[C@@H](N)c3ccccc3)[C@@H]2SC1.O=CO. The fourth-order valence-corrected chi connectivity index (χ4v) is 5.68. The van der Waals surface area contributed by atoms with E-state index in [4.69, 9.17) is 15.6 Å². The summed E-state index contributed by atoms with van der Waals surface area (Å²) in [6.07, 6.45) is 0. The quantitative estimate of drug-likeness (QED) is 0.212. The first-order valence-corrected chi connectivity index (χ1v) is 11.8. The molecule has 180 valence electrons. The highest BCUT2D eigenvalue weighted by molar-refractivity contribution is 8.01. The predicted octanol–water partition coefficient (Wildman–Crippen LogP) is -0.558. The third kappa shape index (κ3) is 5.21. The van der Waals surface area contributed by atoms with E-state index >= 15 is 0 Å². The number of carboxylic acid groups (broad SMARTS) is 2. The minimum atomic E-state index is -1.18. The number of β-lactam (4-membered cyclic amide) rings is 1. The van der Waals surface area contributed by atoms with Gasteiger partial charge in [-0.2, -0.15) is 0 Å². The summed E-state index contributed by atoms with van der Waals surface area (Å²) in [4.78, 5) is 46.8. The van der Waals surface area contributed by atoms with Crippen LogP contribution in [-0.4, -0.2) is 82.5 Å². The largest absolute Gasteiger partial charge is 0.483 e. The minimum Gasteiger partial charge on any atom is -0.483 e. The minimum absolute atomic E-state index is 0.0470. The topological polar surface area (TPSA) is 194 Å². The summed E-state index contributed by atoms with van der Waals surface area (Å²) in [7, 11) is 1.69. The molecule has 2 amide bonds. The normalized spacial score (nSPS) is 19.8. The molecule has 2 aromatic rings. The van der Waals surface area contributed by atoms with Crippen molar-refractivity contribution < 1.29 is 29.4 Å². The average Bonchev–Trinajstić information content (AvgIpc) is 3.25. The van der Waals surface area contributed by atoms with E-state index in [1.54, 1.807) is 31.3 Å². The number of nitrogens with two attached hydrogens (primary N) is 1. The Morgan fingerprint density at radius 1 is 1.38 bits per heavy atom. The van der Waals surface area contributed by atoms with Crippen LogP contribution in [0, 0.1) is 0 Å². The van der Waals surface area contributed by atoms with E-state index in [0.717, 1.165) is 0 Å². The molecule has 0 bridgehead atoms. The van der Waals surface area contributed by atoms with E-state index < -0.39 is 35.2 Å². The summed E-state index contributed by atoms with van der Waals surface area (Å²) in [5.74, 6) is -1.40. The molecule has 2 aliphatic rings. The van der Waals surface area contributed by atoms with E-state index in [9.17, 15) is 19.5 Å². The van der Waals surface area contributed by atoms with Gasteiger partial charge in [-0.05, 0) is 21.6 Å². The summed E-state index contributed by atoms with van der Waals surface area (Å²) in [6, 6.07) is 7.09. The summed E-state index contributed by atoms with van der Waals surface area (Å²) >= 11 is 2.69. The van der Waals surface area contributed by atoms with Crippen molar-refractivity contribution in [3.05, 3.63) is 47.2 Å². The van der Waals surface area contributed by atoms with Crippen molar-refractivity contribution in [2.45, 2.75) is 22.6 Å². The zero-order valence-electron chi connectivity index (χ0n) is 17.8. The summed E-state index contributed by atoms with van der Waals surface area (Å²) in [5.41, 5.74) is 7.19. The van der Waals surface area contributed by atoms with Crippen molar-refractivity contribution in [2.24, 2.45) is 12.8 Å². The number of nitrogens with zero attached hydrogens (tertiary/aromatic N) is 5. The molecule has 3 atom stereocenters. The van der Waals surface area contributed by atoms with Gasteiger partial charge in [0.25, 0.3) is 12.4 Å². The molecule has 5 N–H and O–H groups in total. The van der Waals surface area contributed by atoms with Crippen LogP contribution in [0.2, 0.25) is 0 Å². The number of hydrogen-bond acceptors (Lipinski definition) is 10. The Morgan fingerprint density at radius 2 is 2.06 bits per heavy atom. The molecule has 0 spiro atoms. The Bertz CT molecular complexity index is 1110. The molecule has 1 saturated heterocycles. The monoisotopic (exact) mass is 507 g/mol. The molecule has 1 aromatic heterocycles. The summed E-state index contributed by atoms with van der Waals surface area (Å²) in [6.45, 7) is -0.250. The van der Waals surface area contributed by atoms with Gasteiger partial charge in [0.15, 0.2) is 0 Å². The maximum atomic E-state index is 12.8. The highest BCUT2D eigenvalue weighted by Gasteiger charge is 2.54. The lowest BCUT2D eigenvalue weighted by Gasteiger charge is -2.49. The lowest BCUT2D eigenvalue weighted by molar-refractivity contribution is -0.150. The standard InChI is InChI=1S/C18H19N7O4S2.CH2O2/c1-24-18(21-22-23-24)31-8-10-7-30-16-12(15(27)25(16)13(10)17(28)29)20-14(26)11(19)9-5-3-2-4-6-9;2-1-3/h2-6,11-12,16H,7-8,19H2,1H3,(H,20,26)(H,28,29);1H,(H,2,3)/t11-,12?,16-;/m0./s1. The Labute approximate surface area is 201 Å². The van der Waals surface area contributed by atoms with Crippen LogP contribution < -0.4 is 11.1 Å². The van der Waals surface area contributed by atoms with Crippen LogP contribution in [0.1, 0.15) is 11.6 Å². The number of aromatic nitrogens is 4. The van der Waals surface area contributed by atoms with Gasteiger partial charge >= 0.3 is 5.97 Å². The molecule has 0 radical (unpaired) electrons. The zero-order valence-corrected chi connectivity index (χ0v) is 19.4. The average molecular weight is 508 g/mol. The summed E-state index contributed by atoms with van der Waals surface area (Å²) in [5, 5.41) is 30.5. The van der Waals surface area contributed by atoms with Crippen molar-refractivity contribution in [1.29, 1.82) is 0 Å². The molecule has 0 saturated carbocycles. The molecule has 15 heteroatoms. The van der Waals surface area contributed by atoms with E-state index in [2.05, 4.69) is 20.8 Å². The Hall–Kier alpha value is -3.43. The number of amides is 2. The lowest BCUT2D eigenvalue weighted by Crippen LogP contribution is -2.71. The number of tetrazole rings is 1. The smallest absolute Gasteiger partial charge is 0.352 e. The van der Waals surface area contributed by atoms with Gasteiger partial charge in [0, 0.05) is 18.6 Å². The molecule has 1 fully saturated rings. The number of aliphatic carboxylic acids is 1. The molecule has 2 aliphatic heterocycles. The van der Waals surface area contributed by atoms with Gasteiger partial charge < -0.3 is 21.3 Å². The zero-order chi connectivity index (χ0) is 24.8. The second kappa shape index (κ2) is 11.1. The van der Waals surface area contributed by atoms with Crippen LogP contribution >= 0.6 is 23.5 Å². The number of hydrogen-bond donors (Lipinski definition) is 4. The van der Waals surface area contributed by atoms with Gasteiger partial charge in [0.1, 0.15) is 23.2 Å². The number of carbonyl (C=O) groups is 4. The van der Waals surface area contributed by atoms with Crippen molar-refractivity contribution in [1.82, 2.24) is 30.4 Å². The number of carbonyl (C=O) groups excluding carboxylic acids is 2. The van der Waals surface area contributed by atoms with Crippen LogP contribution in [0.5, 0.6) is 0 Å². The van der Waals surface area contributed by atoms with Crippen LogP contribution in [0.25, 0.3) is 0 Å². The van der Waals surface area contributed by atoms with Gasteiger partial charge in [0.05, 0.1) is 0 Å². The maximum Gasteiger partial charge on any atom is 0.352 e. The van der Waals surface area contributed by atoms with Crippen LogP contribution in [0.3, 0.4) is 0 Å². The maximum absolute atomic E-state index is 12.8. The number of benzene rings is 1. The molecule has 34 heavy (non-hydrogen) atoms. The number of rotatable bonds is 7. The molecular weight excluding hydrogens is 486 g/mol. The number of aryl methyl sites for hydroxylation is 1. The van der Waals surface area contributed by atoms with Crippen LogP contribution in [0.4, 0.5) is 0 Å². The Balaban J connectivity index is 0.00000103. The second-order valence-electron chi connectivity index (χ2n) is 7.02. The van der Waals surface area contributed by atoms with Crippen LogP contribution in [-0.2, 0) is 26.2 Å². The molecular formula is C19H21N7O6S2. The van der Waals surface area contributed by atoms with Gasteiger partial charge in [-0.1, -0.05) is 42.1 Å². The third-order valence-corrected chi connectivity index (χ3v) is 7.38. The molecule has 1 aromatic carbocycles. The predicted molar refractivity (Wildman–Crippen MR) is 121 cm³/mol. The van der Waals surface area contributed by atoms with E-state index in [0.29, 0.717) is 27.8 Å². The fourth-order valence-electron chi connectivity index (χ4n) is 3.34. The molecule has 13 nitrogen and oxygen atoms in total. The van der Waals surface area contributed by atoms with Crippen LogP contribution in [0.15, 0.2) is 46.8 Å². The van der Waals surface area contributed by atoms with Gasteiger partial charge in [-0.3, -0.25) is 19.3 Å². The summed E-state index contributed by atoms with van der Waals surface area (Å²) < 4.78 is 1.49. The second-order valence-corrected chi connectivity index (χ2v) is 9.07. The van der Waals surface area contributed by atoms with Gasteiger partial charge in [-0.25, -0.2) is 9.48 Å². The molecule has 4 rings (SSSR count). The van der Waals surface area contributed by atoms with E-state index in [1.165, 1.54) is 33.1 Å². The number of carboxylic acids is 1. The Morgan fingerprint density at radius 3 is 2.65 bits per heavy atom. The highest BCUT2D eigenvalue weighted by Crippen LogP contribution is 2.41. The third-order valence-electron chi connectivity index (χ3n) is 4.95. The number of thioether (sulfide) groups is 2. The fraction of sp³-hybridized carbons (Fsp3) is 0.316. The van der Waals surface area contributed by atoms with Crippen molar-refractivity contribution >= 4 is 47.8 Å². The Kier molecular flexibility index (Phi) is 8.25. The van der Waals surface area contributed by atoms with E-state index in [1.807, 2.05) is 6.07 Å². The van der Waals surface area contributed by atoms with Gasteiger partial charge in [-0.15, -0.1) is 16.9 Å².